The van der Waals surface area contributed by atoms with E-state index in [1.54, 1.807) is 0 Å². The number of aliphatic hydroxyl groups is 1. The summed E-state index contributed by atoms with van der Waals surface area (Å²) in [5.74, 6) is 0. The number of hydrogen-bond acceptors (Lipinski definition) is 2. The molecule has 1 N–H and O–H groups in total. The predicted molar refractivity (Wildman–Crippen MR) is 88.2 cm³/mol. The van der Waals surface area contributed by atoms with Gasteiger partial charge in [0.1, 0.15) is 0 Å². The van der Waals surface area contributed by atoms with Gasteiger partial charge in [-0.15, -0.1) is 12.4 Å². The van der Waals surface area contributed by atoms with Gasteiger partial charge in [-0.25, -0.2) is 0 Å². The lowest BCUT2D eigenvalue weighted by Crippen LogP contribution is -2.42. The molecule has 0 aliphatic heterocycles. The molecule has 0 amide bonds. The first-order valence-corrected chi connectivity index (χ1v) is 8.09. The minimum Gasteiger partial charge on any atom is -0.392 e. The summed E-state index contributed by atoms with van der Waals surface area (Å²) in [7, 11) is 0. The van der Waals surface area contributed by atoms with Crippen LogP contribution in [0.3, 0.4) is 0 Å². The fourth-order valence-electron chi connectivity index (χ4n) is 2.73. The number of likely N-dealkylation sites (N-methyl/N-ethyl adjacent to an activating group) is 1. The third-order valence-corrected chi connectivity index (χ3v) is 3.94. The highest BCUT2D eigenvalue weighted by molar-refractivity contribution is 5.85. The van der Waals surface area contributed by atoms with Crippen LogP contribution in [0.2, 0.25) is 0 Å². The average molecular weight is 294 g/mol. The maximum absolute atomic E-state index is 9.88. The molecule has 0 bridgehead atoms. The first-order valence-electron chi connectivity index (χ1n) is 8.09. The van der Waals surface area contributed by atoms with Gasteiger partial charge in [0, 0.05) is 6.04 Å². The Kier molecular flexibility index (Phi) is 16.5. The van der Waals surface area contributed by atoms with Crippen molar-refractivity contribution in [2.24, 2.45) is 0 Å². The number of halogens is 1. The molecular weight excluding hydrogens is 258 g/mol. The Morgan fingerprint density at radius 1 is 0.842 bits per heavy atom. The average Bonchev–Trinajstić information content (AvgIpc) is 2.36. The highest BCUT2D eigenvalue weighted by Gasteiger charge is 2.19. The molecule has 118 valence electrons. The fourth-order valence-corrected chi connectivity index (χ4v) is 2.73. The Bertz CT molecular complexity index is 172. The van der Waals surface area contributed by atoms with E-state index in [0.29, 0.717) is 6.04 Å². The molecule has 2 nitrogen and oxygen atoms in total. The van der Waals surface area contributed by atoms with Gasteiger partial charge >= 0.3 is 0 Å². The normalized spacial score (nSPS) is 14.2. The van der Waals surface area contributed by atoms with Crippen LogP contribution in [0.25, 0.3) is 0 Å². The summed E-state index contributed by atoms with van der Waals surface area (Å²) < 4.78 is 0. The van der Waals surface area contributed by atoms with Crippen LogP contribution in [-0.4, -0.2) is 35.2 Å². The van der Waals surface area contributed by atoms with E-state index in [1.165, 1.54) is 44.9 Å². The van der Waals surface area contributed by atoms with Gasteiger partial charge in [0.05, 0.1) is 6.10 Å². The zero-order chi connectivity index (χ0) is 13.8. The SMILES string of the molecule is CCCCCCCCCC(C(C)O)N(CC)CC.Cl. The van der Waals surface area contributed by atoms with Crippen molar-refractivity contribution in [3.05, 3.63) is 0 Å². The number of nitrogens with zero attached hydrogens (tertiary/aromatic N) is 1. The molecule has 0 aliphatic carbocycles. The molecule has 0 aromatic heterocycles. The summed E-state index contributed by atoms with van der Waals surface area (Å²) in [6.45, 7) is 10.7. The molecule has 0 aromatic rings. The zero-order valence-corrected chi connectivity index (χ0v) is 14.3. The van der Waals surface area contributed by atoms with Crippen LogP contribution in [0.4, 0.5) is 0 Å². The first-order chi connectivity index (χ1) is 8.67. The second kappa shape index (κ2) is 14.6. The molecule has 0 radical (unpaired) electrons. The van der Waals surface area contributed by atoms with Gasteiger partial charge in [-0.1, -0.05) is 65.7 Å². The lowest BCUT2D eigenvalue weighted by Gasteiger charge is -2.32. The van der Waals surface area contributed by atoms with Crippen molar-refractivity contribution in [2.75, 3.05) is 13.1 Å². The van der Waals surface area contributed by atoms with Crippen molar-refractivity contribution < 1.29 is 5.11 Å². The molecule has 0 rings (SSSR count). The summed E-state index contributed by atoms with van der Waals surface area (Å²) in [5, 5.41) is 9.88. The van der Waals surface area contributed by atoms with Crippen molar-refractivity contribution in [3.63, 3.8) is 0 Å². The van der Waals surface area contributed by atoms with Gasteiger partial charge in [-0.3, -0.25) is 4.90 Å². The van der Waals surface area contributed by atoms with Crippen LogP contribution < -0.4 is 0 Å². The van der Waals surface area contributed by atoms with E-state index in [-0.39, 0.29) is 18.5 Å². The third-order valence-electron chi connectivity index (χ3n) is 3.94. The lowest BCUT2D eigenvalue weighted by molar-refractivity contribution is 0.0601. The molecule has 0 aromatic carbocycles. The van der Waals surface area contributed by atoms with Crippen molar-refractivity contribution in [2.45, 2.75) is 91.2 Å². The van der Waals surface area contributed by atoms with Crippen molar-refractivity contribution in [1.82, 2.24) is 4.90 Å². The molecule has 2 unspecified atom stereocenters. The molecule has 2 atom stereocenters. The Hall–Kier alpha value is 0.210. The standard InChI is InChI=1S/C16H35NO.ClH/c1-5-8-9-10-11-12-13-14-16(15(4)18)17(6-2)7-3;/h15-16,18H,5-14H2,1-4H3;1H. The van der Waals surface area contributed by atoms with Crippen LogP contribution in [0.1, 0.15) is 79.1 Å². The highest BCUT2D eigenvalue weighted by Crippen LogP contribution is 2.15. The summed E-state index contributed by atoms with van der Waals surface area (Å²) in [6, 6.07) is 0.357. The van der Waals surface area contributed by atoms with Gasteiger partial charge in [0.25, 0.3) is 0 Å². The Balaban J connectivity index is 0. The molecule has 3 heteroatoms. The van der Waals surface area contributed by atoms with Crippen LogP contribution in [-0.2, 0) is 0 Å². The molecular formula is C16H36ClNO. The van der Waals surface area contributed by atoms with Gasteiger partial charge in [0.15, 0.2) is 0 Å². The molecule has 0 saturated heterocycles. The molecule has 0 aliphatic rings. The van der Waals surface area contributed by atoms with Gasteiger partial charge in [-0.2, -0.15) is 0 Å². The van der Waals surface area contributed by atoms with Crippen molar-refractivity contribution in [1.29, 1.82) is 0 Å². The number of unbranched alkanes of at least 4 members (excludes halogenated alkanes) is 6. The van der Waals surface area contributed by atoms with E-state index < -0.39 is 0 Å². The highest BCUT2D eigenvalue weighted by atomic mass is 35.5. The van der Waals surface area contributed by atoms with Crippen molar-refractivity contribution in [3.8, 4) is 0 Å². The summed E-state index contributed by atoms with van der Waals surface area (Å²) in [6.07, 6.45) is 10.4. The van der Waals surface area contributed by atoms with E-state index in [1.807, 2.05) is 6.92 Å². The van der Waals surface area contributed by atoms with Crippen LogP contribution in [0.5, 0.6) is 0 Å². The van der Waals surface area contributed by atoms with Gasteiger partial charge in [-0.05, 0) is 26.4 Å². The van der Waals surface area contributed by atoms with Crippen LogP contribution in [0.15, 0.2) is 0 Å². The molecule has 0 spiro atoms. The van der Waals surface area contributed by atoms with Gasteiger partial charge in [0.2, 0.25) is 0 Å². The Labute approximate surface area is 127 Å². The maximum Gasteiger partial charge on any atom is 0.0667 e. The van der Waals surface area contributed by atoms with E-state index in [9.17, 15) is 5.11 Å². The van der Waals surface area contributed by atoms with Gasteiger partial charge < -0.3 is 5.11 Å². The number of aliphatic hydroxyl groups excluding tert-OH is 1. The van der Waals surface area contributed by atoms with E-state index in [0.717, 1.165) is 19.5 Å². The second-order valence-corrected chi connectivity index (χ2v) is 5.44. The molecule has 19 heavy (non-hydrogen) atoms. The largest absolute Gasteiger partial charge is 0.392 e. The van der Waals surface area contributed by atoms with E-state index in [4.69, 9.17) is 0 Å². The lowest BCUT2D eigenvalue weighted by atomic mass is 10.0. The topological polar surface area (TPSA) is 23.5 Å². The maximum atomic E-state index is 9.88. The third kappa shape index (κ3) is 10.6. The summed E-state index contributed by atoms with van der Waals surface area (Å²) in [4.78, 5) is 2.39. The van der Waals surface area contributed by atoms with Crippen LogP contribution in [0, 0.1) is 0 Å². The second-order valence-electron chi connectivity index (χ2n) is 5.44. The molecule has 0 heterocycles. The first kappa shape index (κ1) is 21.5. The Morgan fingerprint density at radius 2 is 1.32 bits per heavy atom. The predicted octanol–water partition coefficient (Wildman–Crippen LogP) is 4.64. The summed E-state index contributed by atoms with van der Waals surface area (Å²) >= 11 is 0. The molecule has 0 fully saturated rings. The number of rotatable bonds is 12. The Morgan fingerprint density at radius 3 is 1.74 bits per heavy atom. The monoisotopic (exact) mass is 293 g/mol. The van der Waals surface area contributed by atoms with Crippen molar-refractivity contribution >= 4 is 12.4 Å². The fraction of sp³-hybridized carbons (Fsp3) is 1.00. The molecule has 0 saturated carbocycles. The quantitative estimate of drug-likeness (QED) is 0.530. The zero-order valence-electron chi connectivity index (χ0n) is 13.5. The van der Waals surface area contributed by atoms with E-state index >= 15 is 0 Å². The minimum atomic E-state index is -0.204. The summed E-state index contributed by atoms with van der Waals surface area (Å²) in [5.41, 5.74) is 0. The van der Waals surface area contributed by atoms with Crippen LogP contribution >= 0.6 is 12.4 Å². The number of hydrogen-bond donors (Lipinski definition) is 1. The van der Waals surface area contributed by atoms with E-state index in [2.05, 4.69) is 25.7 Å². The minimum absolute atomic E-state index is 0. The smallest absolute Gasteiger partial charge is 0.0667 e.